The van der Waals surface area contributed by atoms with Gasteiger partial charge in [-0.05, 0) is 12.1 Å². The maximum absolute atomic E-state index is 11.5. The SMILES string of the molecule is COc1ccc2c(=O)ccn(C)c2c1. The molecule has 72 valence electrons. The van der Waals surface area contributed by atoms with Crippen LogP contribution in [0.25, 0.3) is 10.9 Å². The first-order valence-electron chi connectivity index (χ1n) is 4.36. The standard InChI is InChI=1S/C11H11NO2/c1-12-6-5-11(13)9-4-3-8(14-2)7-10(9)12/h3-7H,1-2H3. The van der Waals surface area contributed by atoms with Crippen molar-refractivity contribution in [2.45, 2.75) is 0 Å². The summed E-state index contributed by atoms with van der Waals surface area (Å²) in [5.41, 5.74) is 0.928. The summed E-state index contributed by atoms with van der Waals surface area (Å²) in [6.07, 6.45) is 1.75. The number of nitrogens with zero attached hydrogens (tertiary/aromatic N) is 1. The van der Waals surface area contributed by atoms with Crippen LogP contribution in [-0.2, 0) is 7.05 Å². The first-order chi connectivity index (χ1) is 6.72. The molecule has 2 aromatic rings. The van der Waals surface area contributed by atoms with Crippen molar-refractivity contribution in [1.29, 1.82) is 0 Å². The van der Waals surface area contributed by atoms with Crippen LogP contribution in [0.5, 0.6) is 5.75 Å². The lowest BCUT2D eigenvalue weighted by atomic mass is 10.2. The van der Waals surface area contributed by atoms with Gasteiger partial charge in [0, 0.05) is 30.8 Å². The Morgan fingerprint density at radius 2 is 2.07 bits per heavy atom. The molecular weight excluding hydrogens is 178 g/mol. The van der Waals surface area contributed by atoms with Gasteiger partial charge in [0.1, 0.15) is 5.75 Å². The van der Waals surface area contributed by atoms with Crippen LogP contribution >= 0.6 is 0 Å². The topological polar surface area (TPSA) is 31.2 Å². The second-order valence-electron chi connectivity index (χ2n) is 3.17. The molecule has 0 unspecified atom stereocenters. The zero-order chi connectivity index (χ0) is 10.1. The number of benzene rings is 1. The van der Waals surface area contributed by atoms with E-state index < -0.39 is 0 Å². The summed E-state index contributed by atoms with van der Waals surface area (Å²) >= 11 is 0. The molecule has 3 heteroatoms. The number of hydrogen-bond donors (Lipinski definition) is 0. The predicted octanol–water partition coefficient (Wildman–Crippen LogP) is 1.55. The molecule has 14 heavy (non-hydrogen) atoms. The van der Waals surface area contributed by atoms with Crippen molar-refractivity contribution in [3.63, 3.8) is 0 Å². The van der Waals surface area contributed by atoms with Gasteiger partial charge in [-0.2, -0.15) is 0 Å². The third-order valence-corrected chi connectivity index (χ3v) is 2.30. The molecule has 2 rings (SSSR count). The van der Waals surface area contributed by atoms with Crippen molar-refractivity contribution >= 4 is 10.9 Å². The number of methoxy groups -OCH3 is 1. The predicted molar refractivity (Wildman–Crippen MR) is 55.7 cm³/mol. The quantitative estimate of drug-likeness (QED) is 0.681. The molecule has 0 N–H and O–H groups in total. The third-order valence-electron chi connectivity index (χ3n) is 2.30. The maximum Gasteiger partial charge on any atom is 0.189 e. The van der Waals surface area contributed by atoms with E-state index in [9.17, 15) is 4.79 Å². The van der Waals surface area contributed by atoms with Gasteiger partial charge in [0.05, 0.1) is 12.6 Å². The van der Waals surface area contributed by atoms with E-state index in [2.05, 4.69) is 0 Å². The number of fused-ring (bicyclic) bond motifs is 1. The van der Waals surface area contributed by atoms with Gasteiger partial charge in [0.2, 0.25) is 0 Å². The summed E-state index contributed by atoms with van der Waals surface area (Å²) < 4.78 is 7.00. The highest BCUT2D eigenvalue weighted by molar-refractivity contribution is 5.80. The summed E-state index contributed by atoms with van der Waals surface area (Å²) in [6, 6.07) is 7.01. The second kappa shape index (κ2) is 3.18. The van der Waals surface area contributed by atoms with E-state index >= 15 is 0 Å². The van der Waals surface area contributed by atoms with Crippen molar-refractivity contribution < 1.29 is 4.74 Å². The van der Waals surface area contributed by atoms with Crippen LogP contribution in [0.3, 0.4) is 0 Å². The molecular formula is C11H11NO2. The van der Waals surface area contributed by atoms with Gasteiger partial charge in [-0.25, -0.2) is 0 Å². The van der Waals surface area contributed by atoms with E-state index in [0.29, 0.717) is 0 Å². The van der Waals surface area contributed by atoms with Crippen molar-refractivity contribution in [2.24, 2.45) is 7.05 Å². The van der Waals surface area contributed by atoms with Crippen molar-refractivity contribution in [1.82, 2.24) is 4.57 Å². The fourth-order valence-corrected chi connectivity index (χ4v) is 1.49. The van der Waals surface area contributed by atoms with E-state index in [1.807, 2.05) is 17.7 Å². The molecule has 0 aliphatic carbocycles. The Bertz CT molecular complexity index is 528. The molecule has 1 heterocycles. The van der Waals surface area contributed by atoms with Crippen molar-refractivity contribution in [3.05, 3.63) is 40.7 Å². The van der Waals surface area contributed by atoms with Gasteiger partial charge in [0.25, 0.3) is 0 Å². The Labute approximate surface area is 81.5 Å². The lowest BCUT2D eigenvalue weighted by Gasteiger charge is -2.06. The summed E-state index contributed by atoms with van der Waals surface area (Å²) in [5, 5.41) is 0.718. The zero-order valence-corrected chi connectivity index (χ0v) is 8.15. The molecule has 0 saturated heterocycles. The lowest BCUT2D eigenvalue weighted by Crippen LogP contribution is -2.04. The minimum absolute atomic E-state index is 0.0424. The monoisotopic (exact) mass is 189 g/mol. The van der Waals surface area contributed by atoms with E-state index in [1.54, 1.807) is 31.5 Å². The highest BCUT2D eigenvalue weighted by Crippen LogP contribution is 2.17. The van der Waals surface area contributed by atoms with Crippen LogP contribution in [0, 0.1) is 0 Å². The van der Waals surface area contributed by atoms with Crippen LogP contribution in [0.4, 0.5) is 0 Å². The molecule has 0 aliphatic heterocycles. The van der Waals surface area contributed by atoms with Gasteiger partial charge in [0.15, 0.2) is 5.43 Å². The third kappa shape index (κ3) is 1.27. The van der Waals surface area contributed by atoms with E-state index in [-0.39, 0.29) is 5.43 Å². The number of pyridine rings is 1. The molecule has 1 aromatic heterocycles. The summed E-state index contributed by atoms with van der Waals surface area (Å²) in [5.74, 6) is 0.763. The largest absolute Gasteiger partial charge is 0.497 e. The molecule has 0 atom stereocenters. The van der Waals surface area contributed by atoms with Gasteiger partial charge < -0.3 is 9.30 Å². The molecule has 0 fully saturated rings. The van der Waals surface area contributed by atoms with E-state index in [1.165, 1.54) is 0 Å². The minimum Gasteiger partial charge on any atom is -0.497 e. The maximum atomic E-state index is 11.5. The Kier molecular flexibility index (Phi) is 2.00. The van der Waals surface area contributed by atoms with Crippen LogP contribution in [0.15, 0.2) is 35.3 Å². The normalized spacial score (nSPS) is 10.4. The first kappa shape index (κ1) is 8.81. The molecule has 0 bridgehead atoms. The van der Waals surface area contributed by atoms with Crippen LogP contribution < -0.4 is 10.2 Å². The molecule has 0 amide bonds. The van der Waals surface area contributed by atoms with Crippen LogP contribution in [0.1, 0.15) is 0 Å². The lowest BCUT2D eigenvalue weighted by molar-refractivity contribution is 0.415. The Balaban J connectivity index is 2.87. The molecule has 0 radical (unpaired) electrons. The number of aromatic nitrogens is 1. The van der Waals surface area contributed by atoms with Gasteiger partial charge in [-0.3, -0.25) is 4.79 Å². The molecule has 0 saturated carbocycles. The average Bonchev–Trinajstić information content (AvgIpc) is 2.23. The minimum atomic E-state index is 0.0424. The number of ether oxygens (including phenoxy) is 1. The Morgan fingerprint density at radius 3 is 2.79 bits per heavy atom. The summed E-state index contributed by atoms with van der Waals surface area (Å²) in [6.45, 7) is 0. The smallest absolute Gasteiger partial charge is 0.189 e. The highest BCUT2D eigenvalue weighted by atomic mass is 16.5. The highest BCUT2D eigenvalue weighted by Gasteiger charge is 2.01. The van der Waals surface area contributed by atoms with Crippen LogP contribution in [0.2, 0.25) is 0 Å². The summed E-state index contributed by atoms with van der Waals surface area (Å²) in [4.78, 5) is 11.5. The summed E-state index contributed by atoms with van der Waals surface area (Å²) in [7, 11) is 3.52. The van der Waals surface area contributed by atoms with E-state index in [4.69, 9.17) is 4.74 Å². The van der Waals surface area contributed by atoms with Gasteiger partial charge in [-0.15, -0.1) is 0 Å². The molecule has 1 aromatic carbocycles. The number of rotatable bonds is 1. The number of aryl methyl sites for hydroxylation is 1. The average molecular weight is 189 g/mol. The van der Waals surface area contributed by atoms with Crippen LogP contribution in [-0.4, -0.2) is 11.7 Å². The van der Waals surface area contributed by atoms with Crippen molar-refractivity contribution in [2.75, 3.05) is 7.11 Å². The molecule has 3 nitrogen and oxygen atoms in total. The van der Waals surface area contributed by atoms with Gasteiger partial charge >= 0.3 is 0 Å². The molecule has 0 spiro atoms. The molecule has 0 aliphatic rings. The fourth-order valence-electron chi connectivity index (χ4n) is 1.49. The fraction of sp³-hybridized carbons (Fsp3) is 0.182. The van der Waals surface area contributed by atoms with Crippen molar-refractivity contribution in [3.8, 4) is 5.75 Å². The van der Waals surface area contributed by atoms with Gasteiger partial charge in [-0.1, -0.05) is 0 Å². The zero-order valence-electron chi connectivity index (χ0n) is 8.15. The Morgan fingerprint density at radius 1 is 1.29 bits per heavy atom. The Hall–Kier alpha value is -1.77. The first-order valence-corrected chi connectivity index (χ1v) is 4.36. The number of hydrogen-bond acceptors (Lipinski definition) is 2. The second-order valence-corrected chi connectivity index (χ2v) is 3.17. The van der Waals surface area contributed by atoms with E-state index in [0.717, 1.165) is 16.7 Å².